The van der Waals surface area contributed by atoms with Gasteiger partial charge in [0, 0.05) is 17.7 Å². The summed E-state index contributed by atoms with van der Waals surface area (Å²) < 4.78 is 17.7. The van der Waals surface area contributed by atoms with Crippen molar-refractivity contribution >= 4 is 26.9 Å². The highest BCUT2D eigenvalue weighted by atomic mass is 79.9. The maximum absolute atomic E-state index is 13.6. The van der Waals surface area contributed by atoms with Crippen molar-refractivity contribution in [1.82, 2.24) is 9.97 Å². The lowest BCUT2D eigenvalue weighted by atomic mass is 10.0. The first-order chi connectivity index (χ1) is 17.1. The number of nitrogens with zero attached hydrogens (tertiary/aromatic N) is 2. The van der Waals surface area contributed by atoms with Gasteiger partial charge in [0.15, 0.2) is 22.7 Å². The van der Waals surface area contributed by atoms with Crippen LogP contribution in [0.5, 0.6) is 11.5 Å². The van der Waals surface area contributed by atoms with Gasteiger partial charge in [-0.25, -0.2) is 4.98 Å². The van der Waals surface area contributed by atoms with Crippen LogP contribution in [0.15, 0.2) is 92.7 Å². The van der Waals surface area contributed by atoms with Crippen molar-refractivity contribution in [2.75, 3.05) is 14.2 Å². The molecule has 5 aromatic rings. The standard InChI is InChI=1S/C28H21BrN2O4/c1-33-24-14-13-17(15-25(24)34-2)21-9-5-7-18(30-21)16-20-27(32)19-8-3-4-11-23(19)35-28(20)22-10-6-12-26(29)31-22/h3-15H,16H2,1-2H3. The fourth-order valence-corrected chi connectivity index (χ4v) is 4.34. The summed E-state index contributed by atoms with van der Waals surface area (Å²) >= 11 is 3.41. The molecule has 0 saturated heterocycles. The average Bonchev–Trinajstić information content (AvgIpc) is 2.90. The van der Waals surface area contributed by atoms with Gasteiger partial charge in [0.25, 0.3) is 0 Å². The molecule has 3 heterocycles. The molecule has 0 amide bonds. The smallest absolute Gasteiger partial charge is 0.196 e. The predicted octanol–water partition coefficient (Wildman–Crippen LogP) is 6.29. The Labute approximate surface area is 210 Å². The van der Waals surface area contributed by atoms with E-state index in [-0.39, 0.29) is 11.8 Å². The summed E-state index contributed by atoms with van der Waals surface area (Å²) in [5.74, 6) is 1.70. The van der Waals surface area contributed by atoms with Gasteiger partial charge in [0.2, 0.25) is 0 Å². The van der Waals surface area contributed by atoms with E-state index < -0.39 is 0 Å². The molecule has 0 aliphatic rings. The first kappa shape index (κ1) is 22.8. The Bertz CT molecular complexity index is 1600. The van der Waals surface area contributed by atoms with Gasteiger partial charge < -0.3 is 13.9 Å². The second-order valence-electron chi connectivity index (χ2n) is 7.84. The summed E-state index contributed by atoms with van der Waals surface area (Å²) in [4.78, 5) is 22.9. The number of benzene rings is 2. The zero-order valence-corrected chi connectivity index (χ0v) is 20.7. The Kier molecular flexibility index (Phi) is 6.33. The molecule has 0 aliphatic heterocycles. The van der Waals surface area contributed by atoms with Crippen LogP contribution < -0.4 is 14.9 Å². The first-order valence-electron chi connectivity index (χ1n) is 10.9. The zero-order chi connectivity index (χ0) is 24.4. The zero-order valence-electron chi connectivity index (χ0n) is 19.1. The number of hydrogen-bond donors (Lipinski definition) is 0. The summed E-state index contributed by atoms with van der Waals surface area (Å²) in [6.07, 6.45) is 0.290. The lowest BCUT2D eigenvalue weighted by Crippen LogP contribution is -2.13. The van der Waals surface area contributed by atoms with Crippen LogP contribution in [0, 0.1) is 0 Å². The quantitative estimate of drug-likeness (QED) is 0.241. The number of rotatable bonds is 6. The highest BCUT2D eigenvalue weighted by Gasteiger charge is 2.18. The molecule has 35 heavy (non-hydrogen) atoms. The highest BCUT2D eigenvalue weighted by Crippen LogP contribution is 2.32. The van der Waals surface area contributed by atoms with E-state index in [0.29, 0.717) is 44.1 Å². The fraction of sp³-hybridized carbons (Fsp3) is 0.107. The van der Waals surface area contributed by atoms with Crippen LogP contribution in [0.4, 0.5) is 0 Å². The average molecular weight is 529 g/mol. The van der Waals surface area contributed by atoms with E-state index >= 15 is 0 Å². The molecule has 0 spiro atoms. The third-order valence-electron chi connectivity index (χ3n) is 5.68. The van der Waals surface area contributed by atoms with Crippen LogP contribution in [0.2, 0.25) is 0 Å². The molecule has 0 radical (unpaired) electrons. The largest absolute Gasteiger partial charge is 0.493 e. The molecule has 0 aliphatic carbocycles. The Hall–Kier alpha value is -3.97. The van der Waals surface area contributed by atoms with Crippen molar-refractivity contribution in [1.29, 1.82) is 0 Å². The molecule has 2 aromatic carbocycles. The van der Waals surface area contributed by atoms with Crippen molar-refractivity contribution in [3.8, 4) is 34.2 Å². The van der Waals surface area contributed by atoms with Gasteiger partial charge in [-0.1, -0.05) is 24.3 Å². The second kappa shape index (κ2) is 9.72. The Morgan fingerprint density at radius 2 is 1.60 bits per heavy atom. The Balaban J connectivity index is 1.62. The molecule has 0 saturated carbocycles. The fourth-order valence-electron chi connectivity index (χ4n) is 4.00. The number of para-hydroxylation sites is 1. The SMILES string of the molecule is COc1ccc(-c2cccc(Cc3c(-c4cccc(Br)n4)oc4ccccc4c3=O)n2)cc1OC. The van der Waals surface area contributed by atoms with Crippen LogP contribution in [0.3, 0.4) is 0 Å². The van der Waals surface area contributed by atoms with E-state index in [1.807, 2.05) is 66.7 Å². The first-order valence-corrected chi connectivity index (χ1v) is 11.7. The Morgan fingerprint density at radius 3 is 2.40 bits per heavy atom. The number of aromatic nitrogens is 2. The molecule has 0 bridgehead atoms. The molecule has 6 nitrogen and oxygen atoms in total. The minimum atomic E-state index is -0.0954. The monoisotopic (exact) mass is 528 g/mol. The minimum Gasteiger partial charge on any atom is -0.493 e. The molecule has 0 N–H and O–H groups in total. The van der Waals surface area contributed by atoms with Crippen molar-refractivity contribution < 1.29 is 13.9 Å². The van der Waals surface area contributed by atoms with Gasteiger partial charge in [-0.05, 0) is 70.5 Å². The van der Waals surface area contributed by atoms with E-state index in [1.54, 1.807) is 26.4 Å². The van der Waals surface area contributed by atoms with Gasteiger partial charge in [0.05, 0.1) is 30.9 Å². The van der Waals surface area contributed by atoms with Gasteiger partial charge >= 0.3 is 0 Å². The van der Waals surface area contributed by atoms with Crippen molar-refractivity contribution in [2.45, 2.75) is 6.42 Å². The highest BCUT2D eigenvalue weighted by molar-refractivity contribution is 9.10. The van der Waals surface area contributed by atoms with E-state index in [2.05, 4.69) is 20.9 Å². The second-order valence-corrected chi connectivity index (χ2v) is 8.65. The lowest BCUT2D eigenvalue weighted by molar-refractivity contribution is 0.355. The number of methoxy groups -OCH3 is 2. The molecule has 3 aromatic heterocycles. The van der Waals surface area contributed by atoms with Crippen LogP contribution >= 0.6 is 15.9 Å². The summed E-state index contributed by atoms with van der Waals surface area (Å²) in [5.41, 5.74) is 3.88. The van der Waals surface area contributed by atoms with Crippen molar-refractivity contribution in [3.63, 3.8) is 0 Å². The van der Waals surface area contributed by atoms with Gasteiger partial charge in [-0.3, -0.25) is 9.78 Å². The normalized spacial score (nSPS) is 10.9. The number of pyridine rings is 2. The third kappa shape index (κ3) is 4.55. The third-order valence-corrected chi connectivity index (χ3v) is 6.13. The van der Waals surface area contributed by atoms with Crippen molar-refractivity contribution in [3.05, 3.63) is 105 Å². The van der Waals surface area contributed by atoms with Crippen LogP contribution in [0.25, 0.3) is 33.7 Å². The minimum absolute atomic E-state index is 0.0954. The molecule has 174 valence electrons. The summed E-state index contributed by atoms with van der Waals surface area (Å²) in [5, 5.41) is 0.525. The van der Waals surface area contributed by atoms with Gasteiger partial charge in [-0.2, -0.15) is 0 Å². The molecule has 0 unspecified atom stereocenters. The Morgan fingerprint density at radius 1 is 0.829 bits per heavy atom. The van der Waals surface area contributed by atoms with Crippen molar-refractivity contribution in [2.24, 2.45) is 0 Å². The molecular formula is C28H21BrN2O4. The molecule has 0 atom stereocenters. The molecule has 7 heteroatoms. The van der Waals surface area contributed by atoms with E-state index in [9.17, 15) is 4.79 Å². The maximum Gasteiger partial charge on any atom is 0.196 e. The maximum atomic E-state index is 13.6. The van der Waals surface area contributed by atoms with Gasteiger partial charge in [0.1, 0.15) is 15.9 Å². The van der Waals surface area contributed by atoms with E-state index in [1.165, 1.54) is 0 Å². The van der Waals surface area contributed by atoms with Crippen LogP contribution in [-0.2, 0) is 6.42 Å². The topological polar surface area (TPSA) is 74.5 Å². The number of ether oxygens (including phenoxy) is 2. The van der Waals surface area contributed by atoms with E-state index in [4.69, 9.17) is 18.9 Å². The number of halogens is 1. The molecular weight excluding hydrogens is 508 g/mol. The van der Waals surface area contributed by atoms with E-state index in [0.717, 1.165) is 17.0 Å². The number of fused-ring (bicyclic) bond motifs is 1. The summed E-state index contributed by atoms with van der Waals surface area (Å²) in [7, 11) is 3.20. The summed E-state index contributed by atoms with van der Waals surface area (Å²) in [6.45, 7) is 0. The predicted molar refractivity (Wildman–Crippen MR) is 139 cm³/mol. The van der Waals surface area contributed by atoms with Crippen LogP contribution in [-0.4, -0.2) is 24.2 Å². The van der Waals surface area contributed by atoms with Gasteiger partial charge in [-0.15, -0.1) is 0 Å². The number of hydrogen-bond acceptors (Lipinski definition) is 6. The lowest BCUT2D eigenvalue weighted by Gasteiger charge is -2.12. The molecule has 5 rings (SSSR count). The van der Waals surface area contributed by atoms with Crippen LogP contribution in [0.1, 0.15) is 11.3 Å². The molecule has 0 fully saturated rings. The summed E-state index contributed by atoms with van der Waals surface area (Å²) in [6, 6.07) is 24.2.